The molecule has 6 aliphatic rings. The summed E-state index contributed by atoms with van der Waals surface area (Å²) in [6, 6.07) is 3.71. The van der Waals surface area contributed by atoms with Crippen molar-refractivity contribution in [2.24, 2.45) is 40.2 Å². The van der Waals surface area contributed by atoms with Gasteiger partial charge in [0.2, 0.25) is 23.6 Å². The fourth-order valence-corrected chi connectivity index (χ4v) is 12.7. The van der Waals surface area contributed by atoms with Crippen molar-refractivity contribution in [2.45, 2.75) is 161 Å². The van der Waals surface area contributed by atoms with Crippen molar-refractivity contribution in [3.8, 4) is 0 Å². The van der Waals surface area contributed by atoms with Gasteiger partial charge in [-0.15, -0.1) is 0 Å². The largest absolute Gasteiger partial charge is 0.445 e. The molecule has 0 spiro atoms. The first-order valence-electron chi connectivity index (χ1n) is 26.3. The van der Waals surface area contributed by atoms with Gasteiger partial charge in [-0.1, -0.05) is 71.2 Å². The number of unbranched alkanes of at least 4 members (excludes halogenated alkanes) is 2. The van der Waals surface area contributed by atoms with Crippen LogP contribution in [0, 0.1) is 34.5 Å². The Morgan fingerprint density at radius 2 is 1.72 bits per heavy atom. The lowest BCUT2D eigenvalue weighted by Crippen LogP contribution is -2.64. The van der Waals surface area contributed by atoms with E-state index >= 15 is 0 Å². The highest BCUT2D eigenvalue weighted by molar-refractivity contribution is 6.01. The highest BCUT2D eigenvalue weighted by atomic mass is 16.7. The third-order valence-corrected chi connectivity index (χ3v) is 16.4. The quantitative estimate of drug-likeness (QED) is 0.0722. The number of carbonyl (C=O) groups excluding carboxylic acids is 8. The first kappa shape index (κ1) is 55.8. The van der Waals surface area contributed by atoms with Crippen LogP contribution in [-0.2, 0) is 49.6 Å². The number of nitrogens with zero attached hydrogens (tertiary/aromatic N) is 1. The number of nitrogens with one attached hydrogen (secondary N) is 5. The molecule has 20 nitrogen and oxygen atoms in total. The van der Waals surface area contributed by atoms with Gasteiger partial charge in [-0.3, -0.25) is 28.8 Å². The average molecular weight is 1030 g/mol. The van der Waals surface area contributed by atoms with Crippen LogP contribution in [0.2, 0.25) is 0 Å². The maximum atomic E-state index is 14.6. The minimum Gasteiger partial charge on any atom is -0.445 e. The SMILES string of the molecule is CCCC1O[C@@H]2C[C@H]3[C@@H]4CCC5=CC(=O)C=C[C@]5(C)[C@H]4[C@@H](O)C[C@]3(C)[C@]2(C(=O)CNC(=O)OCc2ccc(NC(=O)[C@H](CCCNC(N)=O)NC(=O)[C@@H](NC(=O)CCCCCN3C(=O)C=CC3O)C(C)C)cc2)O1. The second-order valence-electron chi connectivity index (χ2n) is 21.6. The lowest BCUT2D eigenvalue weighted by atomic mass is 9.46. The van der Waals surface area contributed by atoms with Crippen molar-refractivity contribution < 1.29 is 62.8 Å². The number of primary amides is 1. The number of ketones is 2. The number of benzene rings is 1. The number of fused-ring (bicyclic) bond motifs is 7. The molecule has 2 heterocycles. The zero-order valence-electron chi connectivity index (χ0n) is 43.2. The average Bonchev–Trinajstić information content (AvgIpc) is 3.97. The number of rotatable bonds is 23. The van der Waals surface area contributed by atoms with E-state index in [4.69, 9.17) is 19.9 Å². The van der Waals surface area contributed by atoms with E-state index < -0.39 is 77.2 Å². The van der Waals surface area contributed by atoms with E-state index in [1.54, 1.807) is 50.3 Å². The maximum Gasteiger partial charge on any atom is 0.407 e. The van der Waals surface area contributed by atoms with Crippen molar-refractivity contribution in [1.29, 1.82) is 0 Å². The number of hydrogen-bond donors (Lipinski definition) is 8. The summed E-state index contributed by atoms with van der Waals surface area (Å²) in [6.07, 6.45) is 10.1. The molecule has 2 unspecified atom stereocenters. The summed E-state index contributed by atoms with van der Waals surface area (Å²) in [7, 11) is 0. The van der Waals surface area contributed by atoms with Gasteiger partial charge in [0.1, 0.15) is 24.9 Å². The lowest BCUT2D eigenvalue weighted by Gasteiger charge is -2.59. The minimum atomic E-state index is -1.41. The molecule has 9 N–H and O–H groups in total. The van der Waals surface area contributed by atoms with Crippen LogP contribution in [0.1, 0.15) is 117 Å². The van der Waals surface area contributed by atoms with Gasteiger partial charge in [-0.25, -0.2) is 9.59 Å². The van der Waals surface area contributed by atoms with E-state index in [1.807, 2.05) is 19.9 Å². The van der Waals surface area contributed by atoms with Gasteiger partial charge in [-0.05, 0) is 111 Å². The molecule has 0 radical (unpaired) electrons. The van der Waals surface area contributed by atoms with Gasteiger partial charge < -0.3 is 61.6 Å². The summed E-state index contributed by atoms with van der Waals surface area (Å²) < 4.78 is 18.7. The van der Waals surface area contributed by atoms with Crippen molar-refractivity contribution >= 4 is 53.0 Å². The van der Waals surface area contributed by atoms with Gasteiger partial charge in [-0.2, -0.15) is 0 Å². The van der Waals surface area contributed by atoms with Crippen LogP contribution in [-0.4, -0.2) is 124 Å². The van der Waals surface area contributed by atoms with E-state index in [0.29, 0.717) is 56.3 Å². The van der Waals surface area contributed by atoms with E-state index in [2.05, 4.69) is 33.5 Å². The van der Waals surface area contributed by atoms with Crippen LogP contribution in [0.4, 0.5) is 15.3 Å². The molecule has 20 heteroatoms. The van der Waals surface area contributed by atoms with E-state index in [1.165, 1.54) is 17.1 Å². The number of aliphatic hydroxyl groups excluding tert-OH is 2. The monoisotopic (exact) mass is 1030 g/mol. The normalized spacial score (nSPS) is 30.3. The highest BCUT2D eigenvalue weighted by Gasteiger charge is 2.75. The van der Waals surface area contributed by atoms with Gasteiger partial charge in [0.05, 0.1) is 18.8 Å². The smallest absolute Gasteiger partial charge is 0.407 e. The molecule has 74 heavy (non-hydrogen) atoms. The Morgan fingerprint density at radius 3 is 2.41 bits per heavy atom. The molecule has 7 rings (SSSR count). The van der Waals surface area contributed by atoms with Gasteiger partial charge in [0.25, 0.3) is 0 Å². The van der Waals surface area contributed by atoms with Crippen LogP contribution in [0.3, 0.4) is 0 Å². The lowest BCUT2D eigenvalue weighted by molar-refractivity contribution is -0.198. The number of nitrogens with two attached hydrogens (primary N) is 1. The molecule has 1 saturated heterocycles. The summed E-state index contributed by atoms with van der Waals surface area (Å²) >= 11 is 0. The molecule has 0 aromatic heterocycles. The number of carbonyl (C=O) groups is 8. The van der Waals surface area contributed by atoms with E-state index in [0.717, 1.165) is 18.4 Å². The summed E-state index contributed by atoms with van der Waals surface area (Å²) in [6.45, 7) is 9.60. The Morgan fingerprint density at radius 1 is 0.959 bits per heavy atom. The summed E-state index contributed by atoms with van der Waals surface area (Å²) in [5.41, 5.74) is 4.50. The summed E-state index contributed by atoms with van der Waals surface area (Å²) in [4.78, 5) is 105. The van der Waals surface area contributed by atoms with Gasteiger partial charge in [0.15, 0.2) is 23.5 Å². The first-order valence-corrected chi connectivity index (χ1v) is 26.3. The third kappa shape index (κ3) is 11.9. The molecule has 4 fully saturated rings. The van der Waals surface area contributed by atoms with Crippen LogP contribution in [0.15, 0.2) is 60.2 Å². The second kappa shape index (κ2) is 23.7. The summed E-state index contributed by atoms with van der Waals surface area (Å²) in [5, 5.41) is 35.4. The number of urea groups is 1. The summed E-state index contributed by atoms with van der Waals surface area (Å²) in [5.74, 6) is -2.60. The molecule has 0 bridgehead atoms. The zero-order valence-corrected chi connectivity index (χ0v) is 43.2. The second-order valence-corrected chi connectivity index (χ2v) is 21.6. The fourth-order valence-electron chi connectivity index (χ4n) is 12.7. The number of allylic oxidation sites excluding steroid dienone is 4. The van der Waals surface area contributed by atoms with Crippen molar-refractivity contribution in [2.75, 3.05) is 25.0 Å². The van der Waals surface area contributed by atoms with Gasteiger partial charge >= 0.3 is 12.1 Å². The van der Waals surface area contributed by atoms with Crippen LogP contribution < -0.4 is 32.3 Å². The molecule has 12 atom stereocenters. The first-order chi connectivity index (χ1) is 35.2. The standard InChI is InChI=1S/C54H75N7O13/c1-6-11-45-73-41-27-37-36-19-16-33-26-35(62)22-23-52(33,4)46(36)39(63)28-53(37,5)54(41,74-45)40(64)29-57-51(71)72-30-32-14-17-34(18-15-32)58-48(68)38(12-10-24-56-50(55)70)59-49(69)47(31(2)3)60-42(65)13-8-7-9-25-61-43(66)20-21-44(61)67/h14-15,17-18,20-23,26,31,36-39,41,43,45-47,63,66H,6-13,16,19,24-25,27-30H2,1-5H3,(H,57,71)(H,58,68)(H,59,69)(H,60,65)(H3,55,56,70)/t36-,37-,38-,39-,41+,43?,45?,46+,47-,52-,53-,54+/m0/s1. The Labute approximate surface area is 432 Å². The topological polar surface area (TPSA) is 294 Å². The van der Waals surface area contributed by atoms with Crippen molar-refractivity contribution in [3.05, 3.63) is 65.8 Å². The number of ether oxygens (including phenoxy) is 3. The Bertz CT molecular complexity index is 2390. The number of anilines is 1. The number of Topliss-reactive ketones (excluding diaryl/α,β-unsaturated/α-hetero) is 1. The van der Waals surface area contributed by atoms with Gasteiger partial charge in [0, 0.05) is 48.0 Å². The Hall–Kier alpha value is -5.96. The third-order valence-electron chi connectivity index (χ3n) is 16.4. The molecule has 3 saturated carbocycles. The molecule has 2 aliphatic heterocycles. The predicted molar refractivity (Wildman–Crippen MR) is 270 cm³/mol. The number of alkyl carbamates (subject to hydrolysis) is 1. The van der Waals surface area contributed by atoms with E-state index in [9.17, 15) is 48.6 Å². The minimum absolute atomic E-state index is 0.0208. The molecule has 1 aromatic carbocycles. The molecule has 4 aliphatic carbocycles. The molecule has 7 amide bonds. The highest BCUT2D eigenvalue weighted by Crippen LogP contribution is 2.69. The fraction of sp³-hybridized carbons (Fsp3) is 0.630. The number of amides is 7. The number of aliphatic hydroxyl groups is 2. The molecular weight excluding hydrogens is 955 g/mol. The Kier molecular flexibility index (Phi) is 17.9. The number of hydrogen-bond acceptors (Lipinski definition) is 13. The molecular formula is C54H75N7O13. The maximum absolute atomic E-state index is 14.6. The van der Waals surface area contributed by atoms with E-state index in [-0.39, 0.29) is 92.4 Å². The Balaban J connectivity index is 0.914. The predicted octanol–water partition coefficient (Wildman–Crippen LogP) is 3.94. The zero-order chi connectivity index (χ0) is 53.5. The van der Waals surface area contributed by atoms with Crippen LogP contribution in [0.5, 0.6) is 0 Å². The molecule has 1 aromatic rings. The molecule has 404 valence electrons. The van der Waals surface area contributed by atoms with Crippen molar-refractivity contribution in [1.82, 2.24) is 26.2 Å². The van der Waals surface area contributed by atoms with Crippen LogP contribution in [0.25, 0.3) is 0 Å². The van der Waals surface area contributed by atoms with Crippen LogP contribution >= 0.6 is 0 Å². The van der Waals surface area contributed by atoms with Crippen molar-refractivity contribution in [3.63, 3.8) is 0 Å².